The molecule has 1 aromatic carbocycles. The van der Waals surface area contributed by atoms with Crippen LogP contribution in [0, 0.1) is 5.92 Å². The van der Waals surface area contributed by atoms with E-state index in [0.29, 0.717) is 18.7 Å². The Morgan fingerprint density at radius 2 is 2.32 bits per heavy atom. The van der Waals surface area contributed by atoms with Gasteiger partial charge in [0, 0.05) is 35.8 Å². The van der Waals surface area contributed by atoms with Crippen LogP contribution in [0.2, 0.25) is 0 Å². The van der Waals surface area contributed by atoms with Crippen LogP contribution in [0.15, 0.2) is 29.6 Å². The predicted octanol–water partition coefficient (Wildman–Crippen LogP) is 1.21. The molecule has 3 N–H and O–H groups in total. The molecule has 1 aromatic heterocycles. The number of aliphatic hydroxyl groups is 1. The van der Waals surface area contributed by atoms with E-state index in [1.807, 2.05) is 29.6 Å². The maximum Gasteiger partial charge on any atom is 0.251 e. The number of hydrogen-bond donors (Lipinski definition) is 3. The monoisotopic (exact) mass is 276 g/mol. The van der Waals surface area contributed by atoms with Crippen LogP contribution in [0.1, 0.15) is 10.4 Å². The summed E-state index contributed by atoms with van der Waals surface area (Å²) in [6.07, 6.45) is -0.361. The first-order valence-corrected chi connectivity index (χ1v) is 7.26. The van der Waals surface area contributed by atoms with E-state index < -0.39 is 0 Å². The van der Waals surface area contributed by atoms with E-state index in [1.54, 1.807) is 11.3 Å². The molecule has 0 aliphatic carbocycles. The van der Waals surface area contributed by atoms with Gasteiger partial charge in [0.15, 0.2) is 0 Å². The van der Waals surface area contributed by atoms with Crippen LogP contribution in [-0.2, 0) is 0 Å². The Labute approximate surface area is 115 Å². The van der Waals surface area contributed by atoms with Crippen molar-refractivity contribution in [1.29, 1.82) is 0 Å². The van der Waals surface area contributed by atoms with Crippen molar-refractivity contribution in [2.24, 2.45) is 5.92 Å². The lowest BCUT2D eigenvalue weighted by Crippen LogP contribution is -2.34. The summed E-state index contributed by atoms with van der Waals surface area (Å²) < 4.78 is 1.19. The molecular weight excluding hydrogens is 260 g/mol. The molecule has 0 bridgehead atoms. The number of hydrogen-bond acceptors (Lipinski definition) is 4. The van der Waals surface area contributed by atoms with Crippen molar-refractivity contribution < 1.29 is 9.90 Å². The zero-order chi connectivity index (χ0) is 13.2. The highest BCUT2D eigenvalue weighted by molar-refractivity contribution is 7.17. The topological polar surface area (TPSA) is 61.4 Å². The molecule has 100 valence electrons. The Balaban J connectivity index is 1.66. The number of nitrogens with one attached hydrogen (secondary N) is 2. The molecule has 0 spiro atoms. The fourth-order valence-electron chi connectivity index (χ4n) is 2.36. The van der Waals surface area contributed by atoms with Gasteiger partial charge >= 0.3 is 0 Å². The van der Waals surface area contributed by atoms with Gasteiger partial charge in [-0.15, -0.1) is 11.3 Å². The zero-order valence-electron chi connectivity index (χ0n) is 10.4. The Kier molecular flexibility index (Phi) is 3.50. The average molecular weight is 276 g/mol. The quantitative estimate of drug-likeness (QED) is 0.790. The highest BCUT2D eigenvalue weighted by atomic mass is 32.1. The van der Waals surface area contributed by atoms with Crippen LogP contribution >= 0.6 is 11.3 Å². The third-order valence-corrected chi connectivity index (χ3v) is 4.44. The SMILES string of the molecule is O=C(NCC1CNCC1O)c1ccc2sccc2c1. The molecule has 2 aromatic rings. The van der Waals surface area contributed by atoms with Gasteiger partial charge in [-0.05, 0) is 35.0 Å². The van der Waals surface area contributed by atoms with Crippen molar-refractivity contribution in [1.82, 2.24) is 10.6 Å². The number of β-amino-alcohol motifs (C(OH)–C–C–N with tert-alkyl or cyclic N) is 1. The number of fused-ring (bicyclic) bond motifs is 1. The first kappa shape index (κ1) is 12.6. The molecule has 4 nitrogen and oxygen atoms in total. The second-order valence-corrected chi connectivity index (χ2v) is 5.82. The van der Waals surface area contributed by atoms with Gasteiger partial charge in [-0.25, -0.2) is 0 Å². The normalized spacial score (nSPS) is 22.8. The third kappa shape index (κ3) is 2.63. The lowest BCUT2D eigenvalue weighted by molar-refractivity contribution is 0.0927. The standard InChI is InChI=1S/C14H16N2O2S/c17-12-8-15-6-11(12)7-16-14(18)10-1-2-13-9(5-10)3-4-19-13/h1-5,11-12,15,17H,6-8H2,(H,16,18). The molecule has 2 heterocycles. The van der Waals surface area contributed by atoms with Crippen molar-refractivity contribution in [3.63, 3.8) is 0 Å². The van der Waals surface area contributed by atoms with Crippen molar-refractivity contribution in [2.45, 2.75) is 6.10 Å². The van der Waals surface area contributed by atoms with Gasteiger partial charge in [-0.2, -0.15) is 0 Å². The van der Waals surface area contributed by atoms with Crippen LogP contribution in [-0.4, -0.2) is 36.8 Å². The number of carbonyl (C=O) groups is 1. The number of rotatable bonds is 3. The molecule has 1 aliphatic heterocycles. The summed E-state index contributed by atoms with van der Waals surface area (Å²) in [5.74, 6) is 0.0287. The summed E-state index contributed by atoms with van der Waals surface area (Å²) in [6.45, 7) is 1.88. The fourth-order valence-corrected chi connectivity index (χ4v) is 3.13. The van der Waals surface area contributed by atoms with E-state index in [9.17, 15) is 9.90 Å². The lowest BCUT2D eigenvalue weighted by Gasteiger charge is -2.14. The van der Waals surface area contributed by atoms with Crippen LogP contribution in [0.25, 0.3) is 10.1 Å². The van der Waals surface area contributed by atoms with E-state index >= 15 is 0 Å². The zero-order valence-corrected chi connectivity index (χ0v) is 11.2. The minimum absolute atomic E-state index is 0.0767. The Hall–Kier alpha value is -1.43. The van der Waals surface area contributed by atoms with Crippen LogP contribution in [0.3, 0.4) is 0 Å². The summed E-state index contributed by atoms with van der Waals surface area (Å²) in [5, 5.41) is 18.8. The van der Waals surface area contributed by atoms with Gasteiger partial charge in [-0.3, -0.25) is 4.79 Å². The Morgan fingerprint density at radius 1 is 1.42 bits per heavy atom. The molecule has 2 unspecified atom stereocenters. The summed E-state index contributed by atoms with van der Waals surface area (Å²) in [5.41, 5.74) is 0.673. The van der Waals surface area contributed by atoms with E-state index in [0.717, 1.165) is 11.9 Å². The summed E-state index contributed by atoms with van der Waals surface area (Å²) >= 11 is 1.67. The molecule has 0 saturated carbocycles. The van der Waals surface area contributed by atoms with E-state index in [-0.39, 0.29) is 17.9 Å². The molecule has 3 rings (SSSR count). The van der Waals surface area contributed by atoms with Gasteiger partial charge in [0.2, 0.25) is 0 Å². The number of benzene rings is 1. The summed E-state index contributed by atoms with van der Waals surface area (Å²) in [4.78, 5) is 12.1. The third-order valence-electron chi connectivity index (χ3n) is 3.54. The molecule has 0 radical (unpaired) electrons. The van der Waals surface area contributed by atoms with Gasteiger partial charge < -0.3 is 15.7 Å². The number of carbonyl (C=O) groups excluding carboxylic acids is 1. The molecule has 1 saturated heterocycles. The number of aliphatic hydroxyl groups excluding tert-OH is 1. The van der Waals surface area contributed by atoms with Gasteiger partial charge in [0.25, 0.3) is 5.91 Å². The molecule has 1 aliphatic rings. The smallest absolute Gasteiger partial charge is 0.251 e. The number of thiophene rings is 1. The minimum atomic E-state index is -0.361. The molecular formula is C14H16N2O2S. The van der Waals surface area contributed by atoms with Crippen LogP contribution in [0.4, 0.5) is 0 Å². The maximum absolute atomic E-state index is 12.1. The average Bonchev–Trinajstić information content (AvgIpc) is 3.03. The van der Waals surface area contributed by atoms with Crippen molar-refractivity contribution in [3.8, 4) is 0 Å². The molecule has 1 fully saturated rings. The molecule has 2 atom stereocenters. The molecule has 1 amide bonds. The Bertz CT molecular complexity index is 596. The van der Waals surface area contributed by atoms with E-state index in [4.69, 9.17) is 0 Å². The van der Waals surface area contributed by atoms with E-state index in [1.165, 1.54) is 4.70 Å². The highest BCUT2D eigenvalue weighted by Crippen LogP contribution is 2.21. The van der Waals surface area contributed by atoms with Crippen molar-refractivity contribution in [2.75, 3.05) is 19.6 Å². The largest absolute Gasteiger partial charge is 0.391 e. The summed E-state index contributed by atoms with van der Waals surface area (Å²) in [6, 6.07) is 7.74. The second kappa shape index (κ2) is 5.28. The predicted molar refractivity (Wildman–Crippen MR) is 76.5 cm³/mol. The lowest BCUT2D eigenvalue weighted by atomic mass is 10.1. The van der Waals surface area contributed by atoms with E-state index in [2.05, 4.69) is 10.6 Å². The molecule has 5 heteroatoms. The van der Waals surface area contributed by atoms with Crippen molar-refractivity contribution in [3.05, 3.63) is 35.2 Å². The van der Waals surface area contributed by atoms with Gasteiger partial charge in [0.1, 0.15) is 0 Å². The fraction of sp³-hybridized carbons (Fsp3) is 0.357. The first-order chi connectivity index (χ1) is 9.24. The first-order valence-electron chi connectivity index (χ1n) is 6.38. The van der Waals surface area contributed by atoms with Crippen molar-refractivity contribution >= 4 is 27.3 Å². The van der Waals surface area contributed by atoms with Gasteiger partial charge in [-0.1, -0.05) is 0 Å². The minimum Gasteiger partial charge on any atom is -0.391 e. The molecule has 19 heavy (non-hydrogen) atoms. The Morgan fingerprint density at radius 3 is 3.11 bits per heavy atom. The number of amides is 1. The summed E-state index contributed by atoms with van der Waals surface area (Å²) in [7, 11) is 0. The second-order valence-electron chi connectivity index (χ2n) is 4.87. The van der Waals surface area contributed by atoms with Crippen LogP contribution in [0.5, 0.6) is 0 Å². The van der Waals surface area contributed by atoms with Gasteiger partial charge in [0.05, 0.1) is 6.10 Å². The highest BCUT2D eigenvalue weighted by Gasteiger charge is 2.25. The maximum atomic E-state index is 12.1. The van der Waals surface area contributed by atoms with Crippen LogP contribution < -0.4 is 10.6 Å².